The van der Waals surface area contributed by atoms with Crippen LogP contribution in [0.25, 0.3) is 0 Å². The van der Waals surface area contributed by atoms with Gasteiger partial charge in [-0.25, -0.2) is 4.39 Å². The summed E-state index contributed by atoms with van der Waals surface area (Å²) in [6, 6.07) is 12.2. The molecule has 0 aliphatic heterocycles. The summed E-state index contributed by atoms with van der Waals surface area (Å²) in [7, 11) is 0. The lowest BCUT2D eigenvalue weighted by molar-refractivity contribution is 0.189. The average molecular weight is 260 g/mol. The maximum Gasteiger partial charge on any atom is 0.125 e. The van der Waals surface area contributed by atoms with Crippen molar-refractivity contribution in [2.45, 2.75) is 26.6 Å². The molecule has 0 aliphatic rings. The van der Waals surface area contributed by atoms with Crippen LogP contribution in [0.3, 0.4) is 0 Å². The van der Waals surface area contributed by atoms with Gasteiger partial charge in [0.25, 0.3) is 0 Å². The molecule has 0 aromatic heterocycles. The molecule has 19 heavy (non-hydrogen) atoms. The molecule has 3 heteroatoms. The Morgan fingerprint density at radius 1 is 1.16 bits per heavy atom. The van der Waals surface area contributed by atoms with Crippen LogP contribution in [0.4, 0.5) is 4.39 Å². The molecule has 0 bridgehead atoms. The third kappa shape index (κ3) is 3.55. The minimum Gasteiger partial charge on any atom is -0.489 e. The lowest BCUT2D eigenvalue weighted by atomic mass is 10.1. The van der Waals surface area contributed by atoms with Gasteiger partial charge < -0.3 is 9.84 Å². The largest absolute Gasteiger partial charge is 0.489 e. The molecule has 0 amide bonds. The molecule has 0 spiro atoms. The molecule has 0 fully saturated rings. The number of aliphatic hydroxyl groups is 1. The topological polar surface area (TPSA) is 29.5 Å². The van der Waals surface area contributed by atoms with Crippen LogP contribution in [0.15, 0.2) is 42.5 Å². The smallest absolute Gasteiger partial charge is 0.125 e. The Kier molecular flexibility index (Phi) is 4.17. The van der Waals surface area contributed by atoms with E-state index in [9.17, 15) is 9.50 Å². The second-order valence-corrected chi connectivity index (χ2v) is 4.63. The Balaban J connectivity index is 2.13. The van der Waals surface area contributed by atoms with Crippen molar-refractivity contribution in [2.75, 3.05) is 0 Å². The standard InChI is InChI=1S/C16H17FO2/c1-11-3-5-13(6-4-11)10-19-16-8-7-14(17)9-15(16)12(2)18/h3-9,12,18H,10H2,1-2H3/t12-/m1/s1. The van der Waals surface area contributed by atoms with Crippen molar-refractivity contribution in [3.05, 3.63) is 65.0 Å². The Labute approximate surface area is 112 Å². The SMILES string of the molecule is Cc1ccc(COc2ccc(F)cc2[C@@H](C)O)cc1. The van der Waals surface area contributed by atoms with Crippen LogP contribution in [0.1, 0.15) is 29.7 Å². The molecular formula is C16H17FO2. The van der Waals surface area contributed by atoms with Gasteiger partial charge in [0.05, 0.1) is 6.10 Å². The molecule has 0 aliphatic carbocycles. The zero-order chi connectivity index (χ0) is 13.8. The van der Waals surface area contributed by atoms with E-state index in [0.717, 1.165) is 5.56 Å². The van der Waals surface area contributed by atoms with Gasteiger partial charge in [0.15, 0.2) is 0 Å². The fourth-order valence-corrected chi connectivity index (χ4v) is 1.82. The van der Waals surface area contributed by atoms with E-state index in [2.05, 4.69) is 0 Å². The molecule has 2 rings (SSSR count). The molecule has 0 radical (unpaired) electrons. The van der Waals surface area contributed by atoms with Crippen LogP contribution in [0.2, 0.25) is 0 Å². The molecular weight excluding hydrogens is 243 g/mol. The van der Waals surface area contributed by atoms with E-state index in [-0.39, 0.29) is 5.82 Å². The van der Waals surface area contributed by atoms with Gasteiger partial charge in [-0.3, -0.25) is 0 Å². The monoisotopic (exact) mass is 260 g/mol. The average Bonchev–Trinajstić information content (AvgIpc) is 2.39. The quantitative estimate of drug-likeness (QED) is 0.906. The normalized spacial score (nSPS) is 12.2. The summed E-state index contributed by atoms with van der Waals surface area (Å²) < 4.78 is 18.8. The van der Waals surface area contributed by atoms with Crippen LogP contribution in [0.5, 0.6) is 5.75 Å². The molecule has 1 atom stereocenters. The molecule has 100 valence electrons. The number of benzene rings is 2. The van der Waals surface area contributed by atoms with Gasteiger partial charge in [0.2, 0.25) is 0 Å². The lowest BCUT2D eigenvalue weighted by Gasteiger charge is -2.13. The second-order valence-electron chi connectivity index (χ2n) is 4.63. The van der Waals surface area contributed by atoms with E-state index in [1.54, 1.807) is 13.0 Å². The fourth-order valence-electron chi connectivity index (χ4n) is 1.82. The number of aryl methyl sites for hydroxylation is 1. The van der Waals surface area contributed by atoms with Gasteiger partial charge >= 0.3 is 0 Å². The van der Waals surface area contributed by atoms with Crippen molar-refractivity contribution in [1.29, 1.82) is 0 Å². The summed E-state index contributed by atoms with van der Waals surface area (Å²) in [4.78, 5) is 0. The molecule has 0 saturated carbocycles. The summed E-state index contributed by atoms with van der Waals surface area (Å²) in [5.41, 5.74) is 2.69. The number of aliphatic hydroxyl groups excluding tert-OH is 1. The van der Waals surface area contributed by atoms with Gasteiger partial charge in [0.1, 0.15) is 18.2 Å². The highest BCUT2D eigenvalue weighted by atomic mass is 19.1. The van der Waals surface area contributed by atoms with Crippen molar-refractivity contribution < 1.29 is 14.2 Å². The van der Waals surface area contributed by atoms with E-state index in [1.807, 2.05) is 31.2 Å². The summed E-state index contributed by atoms with van der Waals surface area (Å²) in [6.45, 7) is 4.01. The summed E-state index contributed by atoms with van der Waals surface area (Å²) in [6.07, 6.45) is -0.760. The van der Waals surface area contributed by atoms with Crippen LogP contribution in [-0.2, 0) is 6.61 Å². The first kappa shape index (κ1) is 13.6. The van der Waals surface area contributed by atoms with Crippen molar-refractivity contribution in [1.82, 2.24) is 0 Å². The van der Waals surface area contributed by atoms with Crippen LogP contribution in [0, 0.1) is 12.7 Å². The van der Waals surface area contributed by atoms with Gasteiger partial charge in [-0.2, -0.15) is 0 Å². The highest BCUT2D eigenvalue weighted by Crippen LogP contribution is 2.26. The van der Waals surface area contributed by atoms with Gasteiger partial charge in [-0.05, 0) is 37.6 Å². The minimum atomic E-state index is -0.760. The molecule has 0 saturated heterocycles. The maximum atomic E-state index is 13.1. The first-order valence-corrected chi connectivity index (χ1v) is 6.22. The van der Waals surface area contributed by atoms with Gasteiger partial charge in [-0.15, -0.1) is 0 Å². The predicted molar refractivity (Wildman–Crippen MR) is 72.5 cm³/mol. The maximum absolute atomic E-state index is 13.1. The predicted octanol–water partition coefficient (Wildman–Crippen LogP) is 3.77. The van der Waals surface area contributed by atoms with E-state index < -0.39 is 6.10 Å². The Bertz CT molecular complexity index is 547. The Morgan fingerprint density at radius 3 is 2.47 bits per heavy atom. The lowest BCUT2D eigenvalue weighted by Crippen LogP contribution is -2.01. The summed E-state index contributed by atoms with van der Waals surface area (Å²) in [5, 5.41) is 9.62. The molecule has 2 nitrogen and oxygen atoms in total. The Hall–Kier alpha value is -1.87. The molecule has 0 heterocycles. The number of ether oxygens (including phenoxy) is 1. The Morgan fingerprint density at radius 2 is 1.84 bits per heavy atom. The molecule has 2 aromatic rings. The van der Waals surface area contributed by atoms with Crippen molar-refractivity contribution in [3.63, 3.8) is 0 Å². The van der Waals surface area contributed by atoms with Gasteiger partial charge in [-0.1, -0.05) is 29.8 Å². The zero-order valence-electron chi connectivity index (χ0n) is 11.1. The van der Waals surface area contributed by atoms with Crippen LogP contribution >= 0.6 is 0 Å². The van der Waals surface area contributed by atoms with Gasteiger partial charge in [0, 0.05) is 5.56 Å². The zero-order valence-corrected chi connectivity index (χ0v) is 11.1. The first-order valence-electron chi connectivity index (χ1n) is 6.22. The highest BCUT2D eigenvalue weighted by Gasteiger charge is 2.10. The van der Waals surface area contributed by atoms with E-state index >= 15 is 0 Å². The number of halogens is 1. The second kappa shape index (κ2) is 5.85. The fraction of sp³-hybridized carbons (Fsp3) is 0.250. The van der Waals surface area contributed by atoms with Crippen LogP contribution in [-0.4, -0.2) is 5.11 Å². The number of rotatable bonds is 4. The van der Waals surface area contributed by atoms with Crippen LogP contribution < -0.4 is 4.74 Å². The van der Waals surface area contributed by atoms with Crippen molar-refractivity contribution in [3.8, 4) is 5.75 Å². The third-order valence-electron chi connectivity index (χ3n) is 2.94. The third-order valence-corrected chi connectivity index (χ3v) is 2.94. The number of hydrogen-bond acceptors (Lipinski definition) is 2. The molecule has 2 aromatic carbocycles. The molecule has 0 unspecified atom stereocenters. The molecule has 1 N–H and O–H groups in total. The summed E-state index contributed by atoms with van der Waals surface area (Å²) in [5.74, 6) is 0.135. The highest BCUT2D eigenvalue weighted by molar-refractivity contribution is 5.35. The summed E-state index contributed by atoms with van der Waals surface area (Å²) >= 11 is 0. The van der Waals surface area contributed by atoms with Crippen molar-refractivity contribution >= 4 is 0 Å². The van der Waals surface area contributed by atoms with E-state index in [4.69, 9.17) is 4.74 Å². The first-order chi connectivity index (χ1) is 9.06. The van der Waals surface area contributed by atoms with Crippen molar-refractivity contribution in [2.24, 2.45) is 0 Å². The van der Waals surface area contributed by atoms with E-state index in [0.29, 0.717) is 17.9 Å². The van der Waals surface area contributed by atoms with E-state index in [1.165, 1.54) is 17.7 Å². The number of hydrogen-bond donors (Lipinski definition) is 1. The minimum absolute atomic E-state index is 0.376.